The maximum Gasteiger partial charge on any atom is 0.326 e. The van der Waals surface area contributed by atoms with Crippen molar-refractivity contribution in [3.8, 4) is 0 Å². The van der Waals surface area contributed by atoms with E-state index in [4.69, 9.17) is 0 Å². The largest absolute Gasteiger partial charge is 0.480 e. The third kappa shape index (κ3) is 2.12. The minimum atomic E-state index is -0.884. The maximum absolute atomic E-state index is 12.6. The Morgan fingerprint density at radius 3 is 2.89 bits per heavy atom. The molecule has 0 radical (unpaired) electrons. The van der Waals surface area contributed by atoms with Gasteiger partial charge in [-0.1, -0.05) is 18.2 Å². The van der Waals surface area contributed by atoms with Gasteiger partial charge >= 0.3 is 5.97 Å². The van der Waals surface area contributed by atoms with Gasteiger partial charge in [0.2, 0.25) is 5.91 Å². The Bertz CT molecular complexity index is 531. The van der Waals surface area contributed by atoms with Crippen molar-refractivity contribution >= 4 is 23.6 Å². The van der Waals surface area contributed by atoms with Crippen molar-refractivity contribution in [1.82, 2.24) is 4.90 Å². The Hall–Kier alpha value is -1.49. The highest BCUT2D eigenvalue weighted by atomic mass is 32.2. The Kier molecular flexibility index (Phi) is 3.22. The predicted molar refractivity (Wildman–Crippen MR) is 72.3 cm³/mol. The summed E-state index contributed by atoms with van der Waals surface area (Å²) < 4.78 is 0. The molecule has 3 rings (SSSR count). The van der Waals surface area contributed by atoms with Gasteiger partial charge in [0.1, 0.15) is 6.04 Å². The number of likely N-dealkylation sites (tertiary alicyclic amines) is 1. The smallest absolute Gasteiger partial charge is 0.326 e. The first-order valence-electron chi connectivity index (χ1n) is 6.43. The van der Waals surface area contributed by atoms with Gasteiger partial charge in [-0.15, -0.1) is 11.8 Å². The van der Waals surface area contributed by atoms with Gasteiger partial charge in [0.25, 0.3) is 0 Å². The van der Waals surface area contributed by atoms with E-state index in [1.165, 1.54) is 0 Å². The number of carboxylic acid groups (broad SMARTS) is 1. The topological polar surface area (TPSA) is 57.6 Å². The van der Waals surface area contributed by atoms with Crippen molar-refractivity contribution in [3.05, 3.63) is 29.8 Å². The summed E-state index contributed by atoms with van der Waals surface area (Å²) in [6.07, 6.45) is 1.35. The fourth-order valence-corrected chi connectivity index (χ4v) is 4.07. The molecule has 0 aliphatic carbocycles. The Morgan fingerprint density at radius 2 is 2.11 bits per heavy atom. The van der Waals surface area contributed by atoms with Crippen molar-refractivity contribution in [2.24, 2.45) is 0 Å². The lowest BCUT2D eigenvalue weighted by atomic mass is 9.99. The molecule has 4 nitrogen and oxygen atoms in total. The quantitative estimate of drug-likeness (QED) is 0.897. The normalized spacial score (nSPS) is 25.4. The number of fused-ring (bicyclic) bond motifs is 1. The predicted octanol–water partition coefficient (Wildman–Crippen LogP) is 1.95. The molecule has 0 spiro atoms. The van der Waals surface area contributed by atoms with Crippen LogP contribution in [0.1, 0.15) is 24.3 Å². The van der Waals surface area contributed by atoms with Gasteiger partial charge in [0, 0.05) is 17.2 Å². The highest BCUT2D eigenvalue weighted by Gasteiger charge is 2.39. The second kappa shape index (κ2) is 4.89. The van der Waals surface area contributed by atoms with E-state index in [1.807, 2.05) is 24.3 Å². The number of amides is 1. The second-order valence-corrected chi connectivity index (χ2v) is 5.99. The number of carbonyl (C=O) groups excluding carboxylic acids is 1. The molecule has 1 saturated heterocycles. The summed E-state index contributed by atoms with van der Waals surface area (Å²) in [6, 6.07) is 7.26. The van der Waals surface area contributed by atoms with Gasteiger partial charge < -0.3 is 10.0 Å². The molecule has 1 aromatic rings. The van der Waals surface area contributed by atoms with E-state index < -0.39 is 12.0 Å². The van der Waals surface area contributed by atoms with Crippen molar-refractivity contribution in [1.29, 1.82) is 0 Å². The summed E-state index contributed by atoms with van der Waals surface area (Å²) in [4.78, 5) is 26.4. The number of carboxylic acids is 1. The van der Waals surface area contributed by atoms with Crippen LogP contribution in [0.3, 0.4) is 0 Å². The lowest BCUT2D eigenvalue weighted by molar-refractivity contribution is -0.148. The molecule has 2 aliphatic heterocycles. The van der Waals surface area contributed by atoms with Gasteiger partial charge in [-0.2, -0.15) is 0 Å². The average Bonchev–Trinajstić information content (AvgIpc) is 3.05. The summed E-state index contributed by atoms with van der Waals surface area (Å²) in [5.74, 6) is -0.366. The Labute approximate surface area is 115 Å². The van der Waals surface area contributed by atoms with E-state index in [0.717, 1.165) is 22.6 Å². The van der Waals surface area contributed by atoms with E-state index in [9.17, 15) is 14.7 Å². The zero-order valence-electron chi connectivity index (χ0n) is 10.4. The molecule has 0 saturated carbocycles. The van der Waals surface area contributed by atoms with Crippen LogP contribution in [0.4, 0.5) is 0 Å². The van der Waals surface area contributed by atoms with E-state index in [2.05, 4.69) is 0 Å². The number of aliphatic carboxylic acids is 1. The SMILES string of the molecule is O=C(O)[C@H]1CCCN1C(=O)[C@H]1CSc2ccccc21. The molecule has 1 N–H and O–H groups in total. The average molecular weight is 277 g/mol. The Balaban J connectivity index is 1.84. The standard InChI is InChI=1S/C14H15NO3S/c16-13(15-7-3-5-11(15)14(17)18)10-8-19-12-6-2-1-4-9(10)12/h1-2,4,6,10-11H,3,5,7-8H2,(H,17,18)/t10-,11+/m0/s1. The van der Waals surface area contributed by atoms with Gasteiger partial charge in [-0.25, -0.2) is 4.79 Å². The Morgan fingerprint density at radius 1 is 1.32 bits per heavy atom. The summed E-state index contributed by atoms with van der Waals surface area (Å²) in [6.45, 7) is 0.569. The maximum atomic E-state index is 12.6. The highest BCUT2D eigenvalue weighted by molar-refractivity contribution is 7.99. The number of rotatable bonds is 2. The van der Waals surface area contributed by atoms with Gasteiger partial charge in [-0.05, 0) is 24.5 Å². The molecule has 0 unspecified atom stereocenters. The number of thioether (sulfide) groups is 1. The first-order chi connectivity index (χ1) is 9.18. The monoisotopic (exact) mass is 277 g/mol. The van der Waals surface area contributed by atoms with E-state index >= 15 is 0 Å². The van der Waals surface area contributed by atoms with Gasteiger partial charge in [0.05, 0.1) is 5.92 Å². The molecular formula is C14H15NO3S. The lowest BCUT2D eigenvalue weighted by Crippen LogP contribution is -2.42. The first kappa shape index (κ1) is 12.5. The highest BCUT2D eigenvalue weighted by Crippen LogP contribution is 2.41. The van der Waals surface area contributed by atoms with Gasteiger partial charge in [-0.3, -0.25) is 4.79 Å². The first-order valence-corrected chi connectivity index (χ1v) is 7.42. The van der Waals surface area contributed by atoms with E-state index in [1.54, 1.807) is 16.7 Å². The fourth-order valence-electron chi connectivity index (χ4n) is 2.85. The summed E-state index contributed by atoms with van der Waals surface area (Å²) in [5, 5.41) is 9.17. The van der Waals surface area contributed by atoms with E-state index in [-0.39, 0.29) is 11.8 Å². The van der Waals surface area contributed by atoms with Gasteiger partial charge in [0.15, 0.2) is 0 Å². The van der Waals surface area contributed by atoms with Crippen molar-refractivity contribution in [2.75, 3.05) is 12.3 Å². The molecule has 5 heteroatoms. The van der Waals surface area contributed by atoms with Crippen LogP contribution in [0.5, 0.6) is 0 Å². The summed E-state index contributed by atoms with van der Waals surface area (Å²) >= 11 is 1.68. The van der Waals surface area contributed by atoms with Crippen LogP contribution >= 0.6 is 11.8 Å². The fraction of sp³-hybridized carbons (Fsp3) is 0.429. The van der Waals surface area contributed by atoms with Crippen LogP contribution in [-0.2, 0) is 9.59 Å². The molecule has 1 aromatic carbocycles. The molecule has 1 amide bonds. The molecule has 19 heavy (non-hydrogen) atoms. The summed E-state index contributed by atoms with van der Waals surface area (Å²) in [7, 11) is 0. The van der Waals surface area contributed by atoms with Crippen LogP contribution < -0.4 is 0 Å². The third-order valence-corrected chi connectivity index (χ3v) is 5.00. The minimum Gasteiger partial charge on any atom is -0.480 e. The lowest BCUT2D eigenvalue weighted by Gasteiger charge is -2.24. The zero-order chi connectivity index (χ0) is 13.4. The van der Waals surface area contributed by atoms with E-state index in [0.29, 0.717) is 13.0 Å². The van der Waals surface area contributed by atoms with Crippen LogP contribution in [0.15, 0.2) is 29.2 Å². The number of hydrogen-bond acceptors (Lipinski definition) is 3. The molecule has 0 bridgehead atoms. The molecule has 2 atom stereocenters. The third-order valence-electron chi connectivity index (χ3n) is 3.82. The summed E-state index contributed by atoms with van der Waals surface area (Å²) in [5.41, 5.74) is 1.05. The molecule has 1 fully saturated rings. The number of carbonyl (C=O) groups is 2. The van der Waals surface area contributed by atoms with Crippen molar-refractivity contribution < 1.29 is 14.7 Å². The van der Waals surface area contributed by atoms with Crippen LogP contribution in [0.2, 0.25) is 0 Å². The van der Waals surface area contributed by atoms with Crippen LogP contribution in [0.25, 0.3) is 0 Å². The molecule has 100 valence electrons. The van der Waals surface area contributed by atoms with Crippen LogP contribution in [0, 0.1) is 0 Å². The molecule has 0 aromatic heterocycles. The van der Waals surface area contributed by atoms with Crippen molar-refractivity contribution in [2.45, 2.75) is 29.7 Å². The number of benzene rings is 1. The molecule has 2 heterocycles. The zero-order valence-corrected chi connectivity index (χ0v) is 11.2. The van der Waals surface area contributed by atoms with Crippen molar-refractivity contribution in [3.63, 3.8) is 0 Å². The van der Waals surface area contributed by atoms with Crippen LogP contribution in [-0.4, -0.2) is 40.2 Å². The number of hydrogen-bond donors (Lipinski definition) is 1. The minimum absolute atomic E-state index is 0.0256. The molecular weight excluding hydrogens is 262 g/mol. The second-order valence-electron chi connectivity index (χ2n) is 4.93. The molecule has 2 aliphatic rings. The number of nitrogens with zero attached hydrogens (tertiary/aromatic N) is 1.